The number of anilines is 1. The van der Waals surface area contributed by atoms with Crippen molar-refractivity contribution in [2.24, 2.45) is 10.9 Å². The minimum atomic E-state index is -1.23. The number of barbiturate groups is 1. The van der Waals surface area contributed by atoms with Gasteiger partial charge in [-0.25, -0.2) is 9.69 Å². The predicted octanol–water partition coefficient (Wildman–Crippen LogP) is 3.06. The lowest BCUT2D eigenvalue weighted by atomic mass is 10.1. The number of methoxy groups -OCH3 is 1. The molecule has 0 unspecified atom stereocenters. The molecule has 26 heavy (non-hydrogen) atoms. The Labute approximate surface area is 157 Å². The highest BCUT2D eigenvalue weighted by atomic mass is 79.9. The minimum absolute atomic E-state index is 0.255. The molecule has 7 nitrogen and oxygen atoms in total. The van der Waals surface area contributed by atoms with Crippen LogP contribution in [0.2, 0.25) is 0 Å². The van der Waals surface area contributed by atoms with Crippen LogP contribution >= 0.6 is 15.9 Å². The molecule has 0 saturated carbocycles. The van der Waals surface area contributed by atoms with Gasteiger partial charge in [-0.05, 0) is 30.3 Å². The summed E-state index contributed by atoms with van der Waals surface area (Å²) in [5.41, 5.74) is 0.826. The van der Waals surface area contributed by atoms with E-state index in [0.29, 0.717) is 11.4 Å². The fourth-order valence-electron chi connectivity index (χ4n) is 2.48. The molecule has 1 aliphatic heterocycles. The van der Waals surface area contributed by atoms with E-state index in [2.05, 4.69) is 26.2 Å². The van der Waals surface area contributed by atoms with Gasteiger partial charge in [0.05, 0.1) is 18.5 Å². The Morgan fingerprint density at radius 1 is 1.15 bits per heavy atom. The van der Waals surface area contributed by atoms with Gasteiger partial charge in [0.25, 0.3) is 5.91 Å². The molecule has 4 amide bonds. The number of benzene rings is 2. The number of carbonyl (C=O) groups is 3. The third kappa shape index (κ3) is 3.50. The van der Waals surface area contributed by atoms with Crippen LogP contribution < -0.4 is 15.0 Å². The third-order valence-corrected chi connectivity index (χ3v) is 4.20. The maximum absolute atomic E-state index is 12.8. The monoisotopic (exact) mass is 415 g/mol. The summed E-state index contributed by atoms with van der Waals surface area (Å²) in [5.74, 6) is -2.29. The van der Waals surface area contributed by atoms with Gasteiger partial charge in [-0.15, -0.1) is 0 Å². The van der Waals surface area contributed by atoms with E-state index in [0.717, 1.165) is 9.37 Å². The standard InChI is InChI=1S/C18H14BrN3O4/c1-26-15-8-3-2-7-14(15)22-17(24)13(16(23)21-18(22)25)10-20-12-6-4-5-11(19)9-12/h2-10,13H,1H3,(H,21,23,25)/t13-/m0/s1. The van der Waals surface area contributed by atoms with Gasteiger partial charge < -0.3 is 4.74 Å². The predicted molar refractivity (Wildman–Crippen MR) is 99.8 cm³/mol. The first kappa shape index (κ1) is 17.8. The van der Waals surface area contributed by atoms with Gasteiger partial charge in [0.15, 0.2) is 5.92 Å². The number of para-hydroxylation sites is 2. The molecule has 3 rings (SSSR count). The number of aliphatic imine (C=N–C) groups is 1. The van der Waals surface area contributed by atoms with Gasteiger partial charge in [-0.3, -0.25) is 19.9 Å². The van der Waals surface area contributed by atoms with Gasteiger partial charge >= 0.3 is 6.03 Å². The summed E-state index contributed by atoms with van der Waals surface area (Å²) in [6.45, 7) is 0. The molecule has 0 aromatic heterocycles. The van der Waals surface area contributed by atoms with Crippen LogP contribution in [0.1, 0.15) is 0 Å². The van der Waals surface area contributed by atoms with Gasteiger partial charge in [0, 0.05) is 10.7 Å². The number of urea groups is 1. The van der Waals surface area contributed by atoms with E-state index in [1.54, 1.807) is 42.5 Å². The van der Waals surface area contributed by atoms with Crippen molar-refractivity contribution < 1.29 is 19.1 Å². The first-order valence-corrected chi connectivity index (χ1v) is 8.42. The molecule has 0 bridgehead atoms. The molecule has 0 aliphatic carbocycles. The van der Waals surface area contributed by atoms with E-state index in [9.17, 15) is 14.4 Å². The zero-order valence-electron chi connectivity index (χ0n) is 13.7. The number of nitrogens with one attached hydrogen (secondary N) is 1. The van der Waals surface area contributed by atoms with Crippen LogP contribution in [-0.2, 0) is 9.59 Å². The maximum Gasteiger partial charge on any atom is 0.335 e. The number of hydrogen-bond acceptors (Lipinski definition) is 5. The Kier molecular flexibility index (Phi) is 5.13. The summed E-state index contributed by atoms with van der Waals surface area (Å²) in [7, 11) is 1.43. The number of amides is 4. The van der Waals surface area contributed by atoms with E-state index < -0.39 is 23.8 Å². The molecular weight excluding hydrogens is 402 g/mol. The quantitative estimate of drug-likeness (QED) is 0.613. The zero-order chi connectivity index (χ0) is 18.7. The van der Waals surface area contributed by atoms with Crippen LogP contribution in [0.4, 0.5) is 16.2 Å². The Morgan fingerprint density at radius 2 is 1.92 bits per heavy atom. The van der Waals surface area contributed by atoms with E-state index in [4.69, 9.17) is 4.74 Å². The molecule has 8 heteroatoms. The summed E-state index contributed by atoms with van der Waals surface area (Å²) in [6, 6.07) is 12.8. The second-order valence-corrected chi connectivity index (χ2v) is 6.29. The topological polar surface area (TPSA) is 88.1 Å². The molecule has 1 saturated heterocycles. The molecule has 2 aromatic rings. The van der Waals surface area contributed by atoms with Crippen molar-refractivity contribution in [1.82, 2.24) is 5.32 Å². The average Bonchev–Trinajstić information content (AvgIpc) is 2.61. The van der Waals surface area contributed by atoms with Crippen molar-refractivity contribution in [3.63, 3.8) is 0 Å². The number of hydrogen-bond donors (Lipinski definition) is 1. The highest BCUT2D eigenvalue weighted by Crippen LogP contribution is 2.30. The molecule has 1 atom stereocenters. The number of carbonyl (C=O) groups excluding carboxylic acids is 3. The normalized spacial score (nSPS) is 17.5. The van der Waals surface area contributed by atoms with Crippen LogP contribution in [0.25, 0.3) is 0 Å². The first-order chi connectivity index (χ1) is 12.5. The largest absolute Gasteiger partial charge is 0.495 e. The smallest absolute Gasteiger partial charge is 0.335 e. The van der Waals surface area contributed by atoms with Crippen molar-refractivity contribution in [3.8, 4) is 5.75 Å². The Morgan fingerprint density at radius 3 is 2.65 bits per heavy atom. The molecule has 0 radical (unpaired) electrons. The fourth-order valence-corrected chi connectivity index (χ4v) is 2.87. The highest BCUT2D eigenvalue weighted by molar-refractivity contribution is 9.10. The van der Waals surface area contributed by atoms with Crippen molar-refractivity contribution in [2.45, 2.75) is 0 Å². The Bertz CT molecular complexity index is 913. The highest BCUT2D eigenvalue weighted by Gasteiger charge is 2.41. The molecule has 1 N–H and O–H groups in total. The summed E-state index contributed by atoms with van der Waals surface area (Å²) in [6.07, 6.45) is 1.23. The third-order valence-electron chi connectivity index (χ3n) is 3.71. The number of imide groups is 2. The average molecular weight is 416 g/mol. The van der Waals surface area contributed by atoms with E-state index in [1.165, 1.54) is 13.3 Å². The summed E-state index contributed by atoms with van der Waals surface area (Å²) < 4.78 is 6.02. The van der Waals surface area contributed by atoms with Gasteiger partial charge in [-0.2, -0.15) is 0 Å². The van der Waals surface area contributed by atoms with Crippen LogP contribution in [-0.4, -0.2) is 31.2 Å². The van der Waals surface area contributed by atoms with Crippen LogP contribution in [0.5, 0.6) is 5.75 Å². The molecular formula is C18H14BrN3O4. The lowest BCUT2D eigenvalue weighted by Gasteiger charge is -2.29. The fraction of sp³-hybridized carbons (Fsp3) is 0.111. The van der Waals surface area contributed by atoms with Crippen LogP contribution in [0, 0.1) is 5.92 Å². The maximum atomic E-state index is 12.8. The number of rotatable bonds is 4. The number of ether oxygens (including phenoxy) is 1. The van der Waals surface area contributed by atoms with Gasteiger partial charge in [0.1, 0.15) is 5.75 Å². The Balaban J connectivity index is 1.93. The summed E-state index contributed by atoms with van der Waals surface area (Å²) in [5, 5.41) is 2.18. The van der Waals surface area contributed by atoms with Crippen molar-refractivity contribution in [2.75, 3.05) is 12.0 Å². The van der Waals surface area contributed by atoms with E-state index in [1.807, 2.05) is 6.07 Å². The van der Waals surface area contributed by atoms with Crippen LogP contribution in [0.3, 0.4) is 0 Å². The molecule has 1 aliphatic rings. The number of nitrogens with zero attached hydrogens (tertiary/aromatic N) is 2. The molecule has 132 valence electrons. The van der Waals surface area contributed by atoms with E-state index >= 15 is 0 Å². The molecule has 2 aromatic carbocycles. The van der Waals surface area contributed by atoms with Crippen LogP contribution in [0.15, 0.2) is 58.0 Å². The molecule has 1 heterocycles. The van der Waals surface area contributed by atoms with Gasteiger partial charge in [-0.1, -0.05) is 34.1 Å². The molecule has 1 fully saturated rings. The summed E-state index contributed by atoms with van der Waals surface area (Å²) in [4.78, 5) is 42.2. The second-order valence-electron chi connectivity index (χ2n) is 5.38. The SMILES string of the molecule is COc1ccccc1N1C(=O)NC(=O)[C@H](C=Nc2cccc(Br)c2)C1=O. The zero-order valence-corrected chi connectivity index (χ0v) is 15.3. The molecule has 0 spiro atoms. The van der Waals surface area contributed by atoms with Crippen molar-refractivity contribution in [3.05, 3.63) is 53.0 Å². The van der Waals surface area contributed by atoms with Crippen molar-refractivity contribution in [1.29, 1.82) is 0 Å². The number of halogens is 1. The van der Waals surface area contributed by atoms with Gasteiger partial charge in [0.2, 0.25) is 5.91 Å². The van der Waals surface area contributed by atoms with Crippen molar-refractivity contribution >= 4 is 51.4 Å². The minimum Gasteiger partial charge on any atom is -0.495 e. The second kappa shape index (κ2) is 7.49. The summed E-state index contributed by atoms with van der Waals surface area (Å²) >= 11 is 3.33. The lowest BCUT2D eigenvalue weighted by Crippen LogP contribution is -2.58. The Hall–Kier alpha value is -3.00. The van der Waals surface area contributed by atoms with E-state index in [-0.39, 0.29) is 5.69 Å². The first-order valence-electron chi connectivity index (χ1n) is 7.63. The lowest BCUT2D eigenvalue weighted by molar-refractivity contribution is -0.131.